The van der Waals surface area contributed by atoms with Crippen LogP contribution >= 0.6 is 11.3 Å². The number of piperidine rings is 1. The number of fused-ring (bicyclic) bond motifs is 1. The predicted octanol–water partition coefficient (Wildman–Crippen LogP) is 4.67. The van der Waals surface area contributed by atoms with Crippen molar-refractivity contribution in [2.75, 3.05) is 23.3 Å². The standard InChI is InChI=1S/C26H26N4O2S/c1-18-6-5-9-21(16-18)27-24(31)20-10-13-29(14-11-20)26-28-22-12-15-33-23(22)25(32)30(26)17-19-7-3-2-4-8-19/h2-9,12,15-16,20H,10-11,13-14,17H2,1H3,(H,27,31). The number of nitrogens with one attached hydrogen (secondary N) is 1. The Hall–Kier alpha value is -3.45. The number of anilines is 2. The zero-order valence-electron chi connectivity index (χ0n) is 18.5. The van der Waals surface area contributed by atoms with Crippen molar-refractivity contribution >= 4 is 39.1 Å². The number of carbonyl (C=O) groups is 1. The van der Waals surface area contributed by atoms with Crippen LogP contribution in [0.1, 0.15) is 24.0 Å². The van der Waals surface area contributed by atoms with E-state index in [1.807, 2.05) is 73.0 Å². The number of benzene rings is 2. The van der Waals surface area contributed by atoms with Crippen LogP contribution in [0.4, 0.5) is 11.6 Å². The second-order valence-corrected chi connectivity index (χ2v) is 9.46. The number of rotatable bonds is 5. The van der Waals surface area contributed by atoms with Gasteiger partial charge >= 0.3 is 0 Å². The summed E-state index contributed by atoms with van der Waals surface area (Å²) in [7, 11) is 0. The van der Waals surface area contributed by atoms with Gasteiger partial charge in [-0.3, -0.25) is 14.2 Å². The van der Waals surface area contributed by atoms with E-state index in [4.69, 9.17) is 4.98 Å². The molecule has 0 spiro atoms. The molecular weight excluding hydrogens is 432 g/mol. The average Bonchev–Trinajstić information content (AvgIpc) is 3.31. The minimum Gasteiger partial charge on any atom is -0.342 e. The predicted molar refractivity (Wildman–Crippen MR) is 134 cm³/mol. The summed E-state index contributed by atoms with van der Waals surface area (Å²) in [5.74, 6) is 0.691. The second kappa shape index (κ2) is 9.19. The van der Waals surface area contributed by atoms with Gasteiger partial charge in [-0.2, -0.15) is 0 Å². The fraction of sp³-hybridized carbons (Fsp3) is 0.269. The Balaban J connectivity index is 1.36. The van der Waals surface area contributed by atoms with Crippen LogP contribution in [0.5, 0.6) is 0 Å². The number of nitrogens with zero attached hydrogens (tertiary/aromatic N) is 3. The fourth-order valence-electron chi connectivity index (χ4n) is 4.39. The molecule has 2 aromatic carbocycles. The molecule has 0 unspecified atom stereocenters. The highest BCUT2D eigenvalue weighted by Gasteiger charge is 2.28. The van der Waals surface area contributed by atoms with E-state index in [0.29, 0.717) is 30.3 Å². The molecule has 0 saturated carbocycles. The van der Waals surface area contributed by atoms with Gasteiger partial charge in [-0.25, -0.2) is 4.98 Å². The van der Waals surface area contributed by atoms with Crippen molar-refractivity contribution in [2.24, 2.45) is 5.92 Å². The molecule has 4 aromatic rings. The van der Waals surface area contributed by atoms with Crippen molar-refractivity contribution in [3.63, 3.8) is 0 Å². The first kappa shape index (κ1) is 21.4. The number of aromatic nitrogens is 2. The third kappa shape index (κ3) is 4.54. The van der Waals surface area contributed by atoms with E-state index >= 15 is 0 Å². The lowest BCUT2D eigenvalue weighted by molar-refractivity contribution is -0.120. The molecule has 1 saturated heterocycles. The van der Waals surface area contributed by atoms with Gasteiger partial charge in [-0.15, -0.1) is 11.3 Å². The number of hydrogen-bond acceptors (Lipinski definition) is 5. The molecule has 6 nitrogen and oxygen atoms in total. The van der Waals surface area contributed by atoms with Crippen LogP contribution in [-0.4, -0.2) is 28.5 Å². The van der Waals surface area contributed by atoms with Crippen molar-refractivity contribution in [1.29, 1.82) is 0 Å². The maximum atomic E-state index is 13.3. The highest BCUT2D eigenvalue weighted by molar-refractivity contribution is 7.17. The molecule has 0 radical (unpaired) electrons. The molecule has 3 heterocycles. The summed E-state index contributed by atoms with van der Waals surface area (Å²) in [5, 5.41) is 4.97. The van der Waals surface area contributed by atoms with Crippen molar-refractivity contribution in [3.8, 4) is 0 Å². The van der Waals surface area contributed by atoms with Crippen molar-refractivity contribution in [3.05, 3.63) is 87.5 Å². The van der Waals surface area contributed by atoms with Crippen molar-refractivity contribution in [1.82, 2.24) is 9.55 Å². The van der Waals surface area contributed by atoms with Crippen molar-refractivity contribution < 1.29 is 4.79 Å². The lowest BCUT2D eigenvalue weighted by Gasteiger charge is -2.33. The highest BCUT2D eigenvalue weighted by atomic mass is 32.1. The Bertz CT molecular complexity index is 1340. The van der Waals surface area contributed by atoms with Gasteiger partial charge in [-0.1, -0.05) is 42.5 Å². The molecule has 1 aliphatic rings. The maximum Gasteiger partial charge on any atom is 0.273 e. The maximum absolute atomic E-state index is 13.3. The Morgan fingerprint density at radius 3 is 2.64 bits per heavy atom. The summed E-state index contributed by atoms with van der Waals surface area (Å²) in [6, 6.07) is 19.8. The third-order valence-corrected chi connectivity index (χ3v) is 7.06. The first-order valence-electron chi connectivity index (χ1n) is 11.2. The fourth-order valence-corrected chi connectivity index (χ4v) is 5.17. The molecule has 168 valence electrons. The number of thiophene rings is 1. The molecule has 0 atom stereocenters. The van der Waals surface area contributed by atoms with Gasteiger partial charge < -0.3 is 10.2 Å². The van der Waals surface area contributed by atoms with E-state index in [0.717, 1.165) is 35.2 Å². The first-order valence-corrected chi connectivity index (χ1v) is 12.1. The van der Waals surface area contributed by atoms with E-state index in [2.05, 4.69) is 10.2 Å². The SMILES string of the molecule is Cc1cccc(NC(=O)C2CCN(c3nc4ccsc4c(=O)n3Cc3ccccc3)CC2)c1. The minimum absolute atomic E-state index is 0.00633. The minimum atomic E-state index is -0.0547. The second-order valence-electron chi connectivity index (χ2n) is 8.54. The molecule has 1 amide bonds. The van der Waals surface area contributed by atoms with Crippen LogP contribution in [0.2, 0.25) is 0 Å². The largest absolute Gasteiger partial charge is 0.342 e. The first-order chi connectivity index (χ1) is 16.1. The van der Waals surface area contributed by atoms with Gasteiger partial charge in [0.05, 0.1) is 12.1 Å². The summed E-state index contributed by atoms with van der Waals surface area (Å²) >= 11 is 1.43. The van der Waals surface area contributed by atoms with E-state index in [1.165, 1.54) is 11.3 Å². The zero-order valence-corrected chi connectivity index (χ0v) is 19.3. The zero-order chi connectivity index (χ0) is 22.8. The summed E-state index contributed by atoms with van der Waals surface area (Å²) in [4.78, 5) is 33.1. The molecule has 5 rings (SSSR count). The summed E-state index contributed by atoms with van der Waals surface area (Å²) < 4.78 is 2.46. The monoisotopic (exact) mass is 458 g/mol. The molecule has 7 heteroatoms. The summed E-state index contributed by atoms with van der Waals surface area (Å²) in [6.45, 7) is 3.86. The van der Waals surface area contributed by atoms with Gasteiger partial charge in [0.15, 0.2) is 0 Å². The van der Waals surface area contributed by atoms with E-state index < -0.39 is 0 Å². The van der Waals surface area contributed by atoms with Gasteiger partial charge in [0.2, 0.25) is 11.9 Å². The van der Waals surface area contributed by atoms with Gasteiger partial charge in [-0.05, 0) is 54.5 Å². The summed E-state index contributed by atoms with van der Waals surface area (Å²) in [6.07, 6.45) is 1.45. The highest BCUT2D eigenvalue weighted by Crippen LogP contribution is 2.26. The molecule has 33 heavy (non-hydrogen) atoms. The van der Waals surface area contributed by atoms with Crippen LogP contribution in [-0.2, 0) is 11.3 Å². The smallest absolute Gasteiger partial charge is 0.273 e. The summed E-state index contributed by atoms with van der Waals surface area (Å²) in [5.41, 5.74) is 3.75. The van der Waals surface area contributed by atoms with Gasteiger partial charge in [0.25, 0.3) is 5.56 Å². The molecule has 2 aromatic heterocycles. The lowest BCUT2D eigenvalue weighted by Crippen LogP contribution is -2.41. The van der Waals surface area contributed by atoms with Crippen LogP contribution in [0, 0.1) is 12.8 Å². The molecule has 0 bridgehead atoms. The topological polar surface area (TPSA) is 67.2 Å². The van der Waals surface area contributed by atoms with Crippen LogP contribution < -0.4 is 15.8 Å². The number of amides is 1. The van der Waals surface area contributed by atoms with E-state index in [-0.39, 0.29) is 17.4 Å². The quantitative estimate of drug-likeness (QED) is 0.472. The van der Waals surface area contributed by atoms with Gasteiger partial charge in [0, 0.05) is 24.7 Å². The molecule has 1 N–H and O–H groups in total. The number of carbonyl (C=O) groups excluding carboxylic acids is 1. The Labute approximate surface area is 196 Å². The average molecular weight is 459 g/mol. The number of hydrogen-bond donors (Lipinski definition) is 1. The normalized spacial score (nSPS) is 14.5. The van der Waals surface area contributed by atoms with E-state index in [1.54, 1.807) is 4.57 Å². The van der Waals surface area contributed by atoms with E-state index in [9.17, 15) is 9.59 Å². The number of aryl methyl sites for hydroxylation is 1. The van der Waals surface area contributed by atoms with Crippen LogP contribution in [0.25, 0.3) is 10.2 Å². The molecule has 1 fully saturated rings. The Morgan fingerprint density at radius 1 is 1.09 bits per heavy atom. The molecule has 1 aliphatic heterocycles. The third-order valence-electron chi connectivity index (χ3n) is 6.16. The molecule has 0 aliphatic carbocycles. The Morgan fingerprint density at radius 2 is 1.88 bits per heavy atom. The molecular formula is C26H26N4O2S. The van der Waals surface area contributed by atoms with Crippen molar-refractivity contribution in [2.45, 2.75) is 26.3 Å². The van der Waals surface area contributed by atoms with Crippen LogP contribution in [0.3, 0.4) is 0 Å². The van der Waals surface area contributed by atoms with Gasteiger partial charge in [0.1, 0.15) is 4.70 Å². The Kier molecular flexibility index (Phi) is 5.96. The van der Waals surface area contributed by atoms with Crippen LogP contribution in [0.15, 0.2) is 70.8 Å². The lowest BCUT2D eigenvalue weighted by atomic mass is 9.96.